The summed E-state index contributed by atoms with van der Waals surface area (Å²) in [6.07, 6.45) is 3.04. The largest absolute Gasteiger partial charge is 0.294 e. The second-order valence-electron chi connectivity index (χ2n) is 5.76. The van der Waals surface area contributed by atoms with Gasteiger partial charge in [0.25, 0.3) is 0 Å². The molecule has 0 saturated carbocycles. The zero-order chi connectivity index (χ0) is 16.8. The van der Waals surface area contributed by atoms with Crippen molar-refractivity contribution in [1.29, 1.82) is 0 Å². The molecule has 0 bridgehead atoms. The molecule has 2 nitrogen and oxygen atoms in total. The highest BCUT2D eigenvalue weighted by atomic mass is 16.1. The zero-order valence-corrected chi connectivity index (χ0v) is 13.9. The van der Waals surface area contributed by atoms with Crippen molar-refractivity contribution in [3.8, 4) is 0 Å². The molecule has 0 aliphatic carbocycles. The average molecular weight is 306 g/mol. The Morgan fingerprint density at radius 1 is 0.826 bits per heavy atom. The number of hydrogen-bond donors (Lipinski definition) is 0. The minimum Gasteiger partial charge on any atom is -0.294 e. The molecule has 0 fully saturated rings. The topological polar surface area (TPSA) is 34.1 Å². The van der Waals surface area contributed by atoms with Gasteiger partial charge in [0.2, 0.25) is 0 Å². The SMILES string of the molecule is CC/C=C(\C)c1ccc(C(=O)CC(=O)c2ccc(C)cc2)cc1. The summed E-state index contributed by atoms with van der Waals surface area (Å²) < 4.78 is 0. The molecule has 0 aromatic heterocycles. The maximum atomic E-state index is 12.3. The van der Waals surface area contributed by atoms with Crippen molar-refractivity contribution in [2.24, 2.45) is 0 Å². The Bertz CT molecular complexity index is 719. The first-order valence-corrected chi connectivity index (χ1v) is 7.91. The van der Waals surface area contributed by atoms with E-state index >= 15 is 0 Å². The number of rotatable bonds is 6. The minimum atomic E-state index is -0.140. The van der Waals surface area contributed by atoms with Crippen LogP contribution in [0.5, 0.6) is 0 Å². The Hall–Kier alpha value is -2.48. The summed E-state index contributed by atoms with van der Waals surface area (Å²) in [7, 11) is 0. The van der Waals surface area contributed by atoms with E-state index in [1.54, 1.807) is 24.3 Å². The normalized spacial score (nSPS) is 11.3. The molecule has 0 radical (unpaired) electrons. The summed E-state index contributed by atoms with van der Waals surface area (Å²) >= 11 is 0. The lowest BCUT2D eigenvalue weighted by Crippen LogP contribution is -2.08. The third-order valence-electron chi connectivity index (χ3n) is 3.87. The Labute approximate surface area is 137 Å². The summed E-state index contributed by atoms with van der Waals surface area (Å²) in [5.41, 5.74) is 4.57. The van der Waals surface area contributed by atoms with Crippen molar-refractivity contribution in [1.82, 2.24) is 0 Å². The van der Waals surface area contributed by atoms with Crippen molar-refractivity contribution in [3.05, 3.63) is 76.9 Å². The van der Waals surface area contributed by atoms with E-state index in [2.05, 4.69) is 19.9 Å². The molecule has 0 saturated heterocycles. The van der Waals surface area contributed by atoms with Crippen LogP contribution in [0.15, 0.2) is 54.6 Å². The highest BCUT2D eigenvalue weighted by molar-refractivity contribution is 6.13. The summed E-state index contributed by atoms with van der Waals surface area (Å²) in [6, 6.07) is 14.8. The molecule has 0 spiro atoms. The van der Waals surface area contributed by atoms with E-state index in [-0.39, 0.29) is 18.0 Å². The first-order valence-electron chi connectivity index (χ1n) is 7.91. The number of allylic oxidation sites excluding steroid dienone is 2. The van der Waals surface area contributed by atoms with Gasteiger partial charge < -0.3 is 0 Å². The van der Waals surface area contributed by atoms with Gasteiger partial charge in [-0.15, -0.1) is 0 Å². The lowest BCUT2D eigenvalue weighted by atomic mass is 9.98. The molecule has 2 aromatic carbocycles. The van der Waals surface area contributed by atoms with Crippen molar-refractivity contribution < 1.29 is 9.59 Å². The average Bonchev–Trinajstić information content (AvgIpc) is 2.55. The van der Waals surface area contributed by atoms with Crippen LogP contribution in [-0.4, -0.2) is 11.6 Å². The van der Waals surface area contributed by atoms with Gasteiger partial charge in [-0.05, 0) is 31.4 Å². The predicted molar refractivity (Wildman–Crippen MR) is 94.8 cm³/mol. The molecule has 0 atom stereocenters. The summed E-state index contributed by atoms with van der Waals surface area (Å²) in [5, 5.41) is 0. The first kappa shape index (κ1) is 16.9. The molecule has 2 aromatic rings. The molecule has 2 heteroatoms. The van der Waals surface area contributed by atoms with Crippen LogP contribution < -0.4 is 0 Å². The van der Waals surface area contributed by atoms with Crippen LogP contribution >= 0.6 is 0 Å². The fourth-order valence-electron chi connectivity index (χ4n) is 2.43. The lowest BCUT2D eigenvalue weighted by Gasteiger charge is -2.05. The lowest BCUT2D eigenvalue weighted by molar-refractivity contribution is 0.0894. The van der Waals surface area contributed by atoms with Gasteiger partial charge in [0.1, 0.15) is 0 Å². The van der Waals surface area contributed by atoms with E-state index in [4.69, 9.17) is 0 Å². The van der Waals surface area contributed by atoms with Crippen LogP contribution in [0.25, 0.3) is 5.57 Å². The van der Waals surface area contributed by atoms with Crippen LogP contribution in [0.1, 0.15) is 58.5 Å². The van der Waals surface area contributed by atoms with Gasteiger partial charge in [-0.3, -0.25) is 9.59 Å². The molecule has 0 N–H and O–H groups in total. The van der Waals surface area contributed by atoms with Gasteiger partial charge in [0.15, 0.2) is 11.6 Å². The van der Waals surface area contributed by atoms with Crippen LogP contribution in [-0.2, 0) is 0 Å². The third-order valence-corrected chi connectivity index (χ3v) is 3.87. The standard InChI is InChI=1S/C21H22O2/c1-4-5-16(3)17-10-12-19(13-11-17)21(23)14-20(22)18-8-6-15(2)7-9-18/h5-13H,4,14H2,1-3H3/b16-5+. The summed E-state index contributed by atoms with van der Waals surface area (Å²) in [5.74, 6) is -0.277. The highest BCUT2D eigenvalue weighted by Gasteiger charge is 2.13. The molecule has 118 valence electrons. The highest BCUT2D eigenvalue weighted by Crippen LogP contribution is 2.17. The molecule has 0 heterocycles. The summed E-state index contributed by atoms with van der Waals surface area (Å²) in [6.45, 7) is 6.12. The second kappa shape index (κ2) is 7.68. The van der Waals surface area contributed by atoms with Gasteiger partial charge >= 0.3 is 0 Å². The van der Waals surface area contributed by atoms with E-state index in [0.717, 1.165) is 17.5 Å². The number of carbonyl (C=O) groups excluding carboxylic acids is 2. The van der Waals surface area contributed by atoms with Gasteiger partial charge in [-0.25, -0.2) is 0 Å². The van der Waals surface area contributed by atoms with Gasteiger partial charge in [-0.2, -0.15) is 0 Å². The number of hydrogen-bond acceptors (Lipinski definition) is 2. The molecule has 2 rings (SSSR count). The molecule has 0 unspecified atom stereocenters. The van der Waals surface area contributed by atoms with Gasteiger partial charge in [0.05, 0.1) is 6.42 Å². The predicted octanol–water partition coefficient (Wildman–Crippen LogP) is 5.26. The Kier molecular flexibility index (Phi) is 5.64. The second-order valence-corrected chi connectivity index (χ2v) is 5.76. The van der Waals surface area contributed by atoms with Crippen molar-refractivity contribution in [2.45, 2.75) is 33.6 Å². The zero-order valence-electron chi connectivity index (χ0n) is 13.9. The Morgan fingerprint density at radius 2 is 1.26 bits per heavy atom. The number of aryl methyl sites for hydroxylation is 1. The maximum absolute atomic E-state index is 12.3. The van der Waals surface area contributed by atoms with E-state index in [9.17, 15) is 9.59 Å². The molecule has 0 aliphatic rings. The number of carbonyl (C=O) groups is 2. The summed E-state index contributed by atoms with van der Waals surface area (Å²) in [4.78, 5) is 24.4. The molecular formula is C21H22O2. The Balaban J connectivity index is 2.07. The van der Waals surface area contributed by atoms with Crippen LogP contribution in [0, 0.1) is 6.92 Å². The van der Waals surface area contributed by atoms with Gasteiger partial charge in [0, 0.05) is 11.1 Å². The van der Waals surface area contributed by atoms with Crippen LogP contribution in [0.4, 0.5) is 0 Å². The fourth-order valence-corrected chi connectivity index (χ4v) is 2.43. The number of ketones is 2. The first-order chi connectivity index (χ1) is 11.0. The van der Waals surface area contributed by atoms with E-state index in [1.165, 1.54) is 5.57 Å². The number of benzene rings is 2. The van der Waals surface area contributed by atoms with Crippen molar-refractivity contribution in [2.75, 3.05) is 0 Å². The quantitative estimate of drug-likeness (QED) is 0.538. The molecule has 0 aliphatic heterocycles. The smallest absolute Gasteiger partial charge is 0.170 e. The monoisotopic (exact) mass is 306 g/mol. The van der Waals surface area contributed by atoms with Crippen LogP contribution in [0.3, 0.4) is 0 Å². The maximum Gasteiger partial charge on any atom is 0.170 e. The molecule has 23 heavy (non-hydrogen) atoms. The number of Topliss-reactive ketones (excluding diaryl/α,β-unsaturated/α-hetero) is 2. The third kappa shape index (κ3) is 4.49. The van der Waals surface area contributed by atoms with Gasteiger partial charge in [-0.1, -0.05) is 67.1 Å². The minimum absolute atomic E-state index is 0.0911. The van der Waals surface area contributed by atoms with Crippen molar-refractivity contribution in [3.63, 3.8) is 0 Å². The van der Waals surface area contributed by atoms with Crippen molar-refractivity contribution >= 4 is 17.1 Å². The van der Waals surface area contributed by atoms with E-state index in [1.807, 2.05) is 31.2 Å². The molecule has 0 amide bonds. The van der Waals surface area contributed by atoms with Crippen LogP contribution in [0.2, 0.25) is 0 Å². The fraction of sp³-hybridized carbons (Fsp3) is 0.238. The molecular weight excluding hydrogens is 284 g/mol. The van der Waals surface area contributed by atoms with E-state index < -0.39 is 0 Å². The Morgan fingerprint density at radius 3 is 1.74 bits per heavy atom. The van der Waals surface area contributed by atoms with E-state index in [0.29, 0.717) is 11.1 Å².